The summed E-state index contributed by atoms with van der Waals surface area (Å²) in [5.74, 6) is -0.608. The van der Waals surface area contributed by atoms with Gasteiger partial charge in [0, 0.05) is 19.3 Å². The average molecular weight is 153 g/mol. The smallest absolute Gasteiger partial charge is 0.376 e. The van der Waals surface area contributed by atoms with Crippen molar-refractivity contribution in [1.82, 2.24) is 4.57 Å². The lowest BCUT2D eigenvalue weighted by Crippen LogP contribution is -2.14. The number of hydrogen-bond acceptors (Lipinski definition) is 3. The first-order valence-electron chi connectivity index (χ1n) is 3.06. The van der Waals surface area contributed by atoms with Gasteiger partial charge in [-0.1, -0.05) is 0 Å². The van der Waals surface area contributed by atoms with E-state index in [1.165, 1.54) is 23.9 Å². The molecular formula is C7H7NO3. The van der Waals surface area contributed by atoms with Gasteiger partial charge in [0.15, 0.2) is 0 Å². The minimum Gasteiger partial charge on any atom is -0.376 e. The molecule has 0 aliphatic rings. The zero-order chi connectivity index (χ0) is 8.27. The Balaban J connectivity index is 2.64. The molecule has 4 heteroatoms. The highest BCUT2D eigenvalue weighted by atomic mass is 16.6. The molecule has 0 amide bonds. The molecule has 0 bridgehead atoms. The molecule has 0 spiro atoms. The van der Waals surface area contributed by atoms with Gasteiger partial charge >= 0.3 is 12.1 Å². The summed E-state index contributed by atoms with van der Waals surface area (Å²) in [5.41, 5.74) is 0. The topological polar surface area (TPSA) is 48.3 Å². The van der Waals surface area contributed by atoms with Crippen molar-refractivity contribution in [1.29, 1.82) is 0 Å². The third-order valence-electron chi connectivity index (χ3n) is 1.05. The van der Waals surface area contributed by atoms with E-state index >= 15 is 0 Å². The molecule has 1 aromatic rings. The molecule has 0 radical (unpaired) electrons. The van der Waals surface area contributed by atoms with Gasteiger partial charge in [0.05, 0.1) is 0 Å². The molecule has 1 heterocycles. The summed E-state index contributed by atoms with van der Waals surface area (Å²) >= 11 is 0. The van der Waals surface area contributed by atoms with Crippen molar-refractivity contribution in [2.45, 2.75) is 6.92 Å². The summed E-state index contributed by atoms with van der Waals surface area (Å²) in [6.07, 6.45) is 2.33. The van der Waals surface area contributed by atoms with Crippen LogP contribution in [0.15, 0.2) is 24.5 Å². The van der Waals surface area contributed by atoms with Crippen LogP contribution in [0.25, 0.3) is 0 Å². The van der Waals surface area contributed by atoms with E-state index in [1.807, 2.05) is 0 Å². The molecule has 0 fully saturated rings. The van der Waals surface area contributed by atoms with Crippen molar-refractivity contribution in [3.8, 4) is 0 Å². The van der Waals surface area contributed by atoms with Crippen LogP contribution >= 0.6 is 0 Å². The summed E-state index contributed by atoms with van der Waals surface area (Å²) in [5, 5.41) is 0. The van der Waals surface area contributed by atoms with Gasteiger partial charge in [-0.05, 0) is 12.1 Å². The molecule has 0 unspecified atom stereocenters. The minimum atomic E-state index is -0.678. The second-order valence-corrected chi connectivity index (χ2v) is 1.95. The van der Waals surface area contributed by atoms with Crippen LogP contribution in [-0.2, 0) is 9.53 Å². The Kier molecular flexibility index (Phi) is 2.06. The second-order valence-electron chi connectivity index (χ2n) is 1.95. The summed E-state index contributed by atoms with van der Waals surface area (Å²) < 4.78 is 5.46. The van der Waals surface area contributed by atoms with E-state index < -0.39 is 12.1 Å². The summed E-state index contributed by atoms with van der Waals surface area (Å²) in [6, 6.07) is 3.34. The largest absolute Gasteiger partial charge is 0.425 e. The lowest BCUT2D eigenvalue weighted by molar-refractivity contribution is -0.134. The summed E-state index contributed by atoms with van der Waals surface area (Å²) in [4.78, 5) is 21.1. The fourth-order valence-electron chi connectivity index (χ4n) is 0.632. The van der Waals surface area contributed by atoms with Crippen LogP contribution in [0.4, 0.5) is 4.79 Å². The third-order valence-corrected chi connectivity index (χ3v) is 1.05. The molecule has 0 saturated carbocycles. The zero-order valence-corrected chi connectivity index (χ0v) is 5.98. The van der Waals surface area contributed by atoms with Gasteiger partial charge in [-0.15, -0.1) is 0 Å². The standard InChI is InChI=1S/C7H7NO3/c1-6(9)11-7(10)8-4-2-3-5-8/h2-5H,1H3. The van der Waals surface area contributed by atoms with Gasteiger partial charge in [0.1, 0.15) is 0 Å². The normalized spacial score (nSPS) is 9.18. The molecule has 0 atom stereocenters. The zero-order valence-electron chi connectivity index (χ0n) is 5.98. The number of hydrogen-bond donors (Lipinski definition) is 0. The molecule has 4 nitrogen and oxygen atoms in total. The first-order valence-corrected chi connectivity index (χ1v) is 3.06. The van der Waals surface area contributed by atoms with Crippen molar-refractivity contribution in [2.75, 3.05) is 0 Å². The molecular weight excluding hydrogens is 146 g/mol. The van der Waals surface area contributed by atoms with Crippen LogP contribution in [0.1, 0.15) is 6.92 Å². The van der Waals surface area contributed by atoms with Crippen LogP contribution < -0.4 is 0 Å². The number of carbonyl (C=O) groups excluding carboxylic acids is 2. The van der Waals surface area contributed by atoms with E-state index in [9.17, 15) is 9.59 Å². The van der Waals surface area contributed by atoms with Crippen molar-refractivity contribution < 1.29 is 14.3 Å². The molecule has 58 valence electrons. The first kappa shape index (κ1) is 7.53. The highest BCUT2D eigenvalue weighted by Crippen LogP contribution is 1.92. The van der Waals surface area contributed by atoms with Crippen molar-refractivity contribution in [2.24, 2.45) is 0 Å². The SMILES string of the molecule is CC(=O)OC(=O)n1cccc1. The van der Waals surface area contributed by atoms with Crippen molar-refractivity contribution in [3.63, 3.8) is 0 Å². The molecule has 0 aromatic carbocycles. The van der Waals surface area contributed by atoms with Gasteiger partial charge in [0.25, 0.3) is 0 Å². The third kappa shape index (κ3) is 1.93. The Bertz CT molecular complexity index is 263. The van der Waals surface area contributed by atoms with E-state index in [1.54, 1.807) is 12.1 Å². The Morgan fingerprint density at radius 3 is 2.27 bits per heavy atom. The van der Waals surface area contributed by atoms with Gasteiger partial charge in [-0.2, -0.15) is 0 Å². The number of esters is 1. The monoisotopic (exact) mass is 153 g/mol. The average Bonchev–Trinajstić information content (AvgIpc) is 2.35. The molecule has 0 N–H and O–H groups in total. The highest BCUT2D eigenvalue weighted by Gasteiger charge is 2.05. The Labute approximate surface area is 63.4 Å². The maximum atomic E-state index is 10.8. The van der Waals surface area contributed by atoms with E-state index in [-0.39, 0.29) is 0 Å². The van der Waals surface area contributed by atoms with Crippen LogP contribution in [0.2, 0.25) is 0 Å². The molecule has 0 aliphatic carbocycles. The molecule has 11 heavy (non-hydrogen) atoms. The van der Waals surface area contributed by atoms with Gasteiger partial charge in [-0.3, -0.25) is 9.36 Å². The maximum Gasteiger partial charge on any atom is 0.425 e. The predicted octanol–water partition coefficient (Wildman–Crippen LogP) is 1.02. The van der Waals surface area contributed by atoms with E-state index in [4.69, 9.17) is 0 Å². The van der Waals surface area contributed by atoms with Crippen LogP contribution in [-0.4, -0.2) is 16.6 Å². The van der Waals surface area contributed by atoms with Crippen molar-refractivity contribution >= 4 is 12.1 Å². The molecule has 1 rings (SSSR count). The van der Waals surface area contributed by atoms with E-state index in [2.05, 4.69) is 4.74 Å². The van der Waals surface area contributed by atoms with E-state index in [0.29, 0.717) is 0 Å². The van der Waals surface area contributed by atoms with Gasteiger partial charge in [-0.25, -0.2) is 4.79 Å². The summed E-state index contributed by atoms with van der Waals surface area (Å²) in [7, 11) is 0. The number of aromatic nitrogens is 1. The van der Waals surface area contributed by atoms with Gasteiger partial charge < -0.3 is 4.74 Å². The Morgan fingerprint density at radius 2 is 1.82 bits per heavy atom. The fourth-order valence-corrected chi connectivity index (χ4v) is 0.632. The molecule has 1 aromatic heterocycles. The molecule has 0 aliphatic heterocycles. The number of carbonyl (C=O) groups is 2. The van der Waals surface area contributed by atoms with Crippen molar-refractivity contribution in [3.05, 3.63) is 24.5 Å². The Hall–Kier alpha value is -1.58. The minimum absolute atomic E-state index is 0.608. The Morgan fingerprint density at radius 1 is 1.27 bits per heavy atom. The fraction of sp³-hybridized carbons (Fsp3) is 0.143. The van der Waals surface area contributed by atoms with Gasteiger partial charge in [0.2, 0.25) is 0 Å². The maximum absolute atomic E-state index is 10.8. The van der Waals surface area contributed by atoms with Crippen LogP contribution in [0.5, 0.6) is 0 Å². The second kappa shape index (κ2) is 3.01. The highest BCUT2D eigenvalue weighted by molar-refractivity contribution is 5.84. The summed E-state index contributed by atoms with van der Waals surface area (Å²) in [6.45, 7) is 1.18. The van der Waals surface area contributed by atoms with Crippen LogP contribution in [0, 0.1) is 0 Å². The lowest BCUT2D eigenvalue weighted by Gasteiger charge is -1.98. The van der Waals surface area contributed by atoms with Crippen LogP contribution in [0.3, 0.4) is 0 Å². The van der Waals surface area contributed by atoms with E-state index in [0.717, 1.165) is 0 Å². The molecule has 0 saturated heterocycles. The lowest BCUT2D eigenvalue weighted by atomic mass is 10.7. The quantitative estimate of drug-likeness (QED) is 0.413. The predicted molar refractivity (Wildman–Crippen MR) is 37.0 cm³/mol. The number of ether oxygens (including phenoxy) is 1. The number of rotatable bonds is 0. The number of nitrogens with zero attached hydrogens (tertiary/aromatic N) is 1. The first-order chi connectivity index (χ1) is 5.20.